The maximum absolute atomic E-state index is 11.3. The first kappa shape index (κ1) is 8.29. The lowest BCUT2D eigenvalue weighted by Gasteiger charge is -1.99. The van der Waals surface area contributed by atoms with Gasteiger partial charge in [0.15, 0.2) is 0 Å². The zero-order valence-electron chi connectivity index (χ0n) is 8.32. The SMILES string of the molecule is CC(=O)n1ccc2cc3[nH]ccc3cc21. The summed E-state index contributed by atoms with van der Waals surface area (Å²) in [7, 11) is 0. The van der Waals surface area contributed by atoms with E-state index in [4.69, 9.17) is 0 Å². The molecule has 0 unspecified atom stereocenters. The van der Waals surface area contributed by atoms with Gasteiger partial charge in [-0.2, -0.15) is 0 Å². The molecule has 0 saturated carbocycles. The zero-order valence-corrected chi connectivity index (χ0v) is 8.32. The second-order valence-electron chi connectivity index (χ2n) is 3.68. The van der Waals surface area contributed by atoms with Crippen molar-refractivity contribution in [3.05, 3.63) is 36.7 Å². The summed E-state index contributed by atoms with van der Waals surface area (Å²) in [5, 5.41) is 2.21. The van der Waals surface area contributed by atoms with Crippen LogP contribution in [-0.2, 0) is 0 Å². The fourth-order valence-corrected chi connectivity index (χ4v) is 1.96. The molecular formula is C12H10N2O. The van der Waals surface area contributed by atoms with Crippen molar-refractivity contribution in [3.8, 4) is 0 Å². The van der Waals surface area contributed by atoms with Crippen LogP contribution in [-0.4, -0.2) is 15.5 Å². The molecule has 0 amide bonds. The highest BCUT2D eigenvalue weighted by Gasteiger charge is 2.05. The lowest BCUT2D eigenvalue weighted by Crippen LogP contribution is -2.02. The molecule has 3 nitrogen and oxygen atoms in total. The van der Waals surface area contributed by atoms with Crippen molar-refractivity contribution < 1.29 is 4.79 Å². The highest BCUT2D eigenvalue weighted by molar-refractivity contribution is 5.99. The van der Waals surface area contributed by atoms with Crippen LogP contribution in [0, 0.1) is 0 Å². The number of carbonyl (C=O) groups excluding carboxylic acids is 1. The van der Waals surface area contributed by atoms with Crippen LogP contribution in [0.25, 0.3) is 21.8 Å². The van der Waals surface area contributed by atoms with E-state index < -0.39 is 0 Å². The van der Waals surface area contributed by atoms with E-state index in [1.807, 2.05) is 30.6 Å². The second kappa shape index (κ2) is 2.73. The minimum absolute atomic E-state index is 0.0416. The minimum Gasteiger partial charge on any atom is -0.361 e. The molecule has 15 heavy (non-hydrogen) atoms. The fraction of sp³-hybridized carbons (Fsp3) is 0.0833. The van der Waals surface area contributed by atoms with Crippen LogP contribution in [0.2, 0.25) is 0 Å². The van der Waals surface area contributed by atoms with Gasteiger partial charge in [0, 0.05) is 35.6 Å². The first-order chi connectivity index (χ1) is 7.25. The Hall–Kier alpha value is -2.03. The molecule has 3 heteroatoms. The Kier molecular flexibility index (Phi) is 1.51. The summed E-state index contributed by atoms with van der Waals surface area (Å²) >= 11 is 0. The summed E-state index contributed by atoms with van der Waals surface area (Å²) in [5.41, 5.74) is 2.07. The summed E-state index contributed by atoms with van der Waals surface area (Å²) in [6, 6.07) is 8.05. The Morgan fingerprint density at radius 2 is 2.13 bits per heavy atom. The van der Waals surface area contributed by atoms with Gasteiger partial charge in [-0.3, -0.25) is 9.36 Å². The van der Waals surface area contributed by atoms with Crippen molar-refractivity contribution in [1.82, 2.24) is 9.55 Å². The number of aromatic nitrogens is 2. The minimum atomic E-state index is 0.0416. The predicted molar refractivity (Wildman–Crippen MR) is 60.1 cm³/mol. The maximum Gasteiger partial charge on any atom is 0.227 e. The largest absolute Gasteiger partial charge is 0.361 e. The van der Waals surface area contributed by atoms with Crippen molar-refractivity contribution in [2.45, 2.75) is 6.92 Å². The highest BCUT2D eigenvalue weighted by Crippen LogP contribution is 2.22. The van der Waals surface area contributed by atoms with Gasteiger partial charge >= 0.3 is 0 Å². The van der Waals surface area contributed by atoms with Gasteiger partial charge in [0.25, 0.3) is 0 Å². The number of rotatable bonds is 0. The Bertz CT molecular complexity index is 660. The molecule has 3 aromatic rings. The Balaban J connectivity index is 2.46. The van der Waals surface area contributed by atoms with Crippen LogP contribution >= 0.6 is 0 Å². The van der Waals surface area contributed by atoms with Gasteiger partial charge < -0.3 is 4.98 Å². The zero-order chi connectivity index (χ0) is 10.4. The Labute approximate surface area is 86.3 Å². The summed E-state index contributed by atoms with van der Waals surface area (Å²) in [6.45, 7) is 1.57. The molecule has 0 radical (unpaired) electrons. The standard InChI is InChI=1S/C12H10N2O/c1-8(15)14-5-3-10-6-11-9(2-4-13-11)7-12(10)14/h2-7,13H,1H3. The third kappa shape index (κ3) is 1.09. The van der Waals surface area contributed by atoms with E-state index in [9.17, 15) is 4.79 Å². The number of aromatic amines is 1. The molecule has 0 atom stereocenters. The number of hydrogen-bond acceptors (Lipinski definition) is 1. The summed E-state index contributed by atoms with van der Waals surface area (Å²) in [5.74, 6) is 0.0416. The topological polar surface area (TPSA) is 37.8 Å². The molecule has 0 bridgehead atoms. The lowest BCUT2D eigenvalue weighted by molar-refractivity contribution is 0.0941. The molecule has 0 saturated heterocycles. The number of nitrogens with one attached hydrogen (secondary N) is 1. The molecule has 0 fully saturated rings. The number of benzene rings is 1. The maximum atomic E-state index is 11.3. The third-order valence-electron chi connectivity index (χ3n) is 2.70. The van der Waals surface area contributed by atoms with Crippen LogP contribution < -0.4 is 0 Å². The average Bonchev–Trinajstić information content (AvgIpc) is 2.77. The van der Waals surface area contributed by atoms with E-state index in [1.165, 1.54) is 0 Å². The van der Waals surface area contributed by atoms with Crippen LogP contribution in [0.15, 0.2) is 36.7 Å². The number of nitrogens with zero attached hydrogens (tertiary/aromatic N) is 1. The fourth-order valence-electron chi connectivity index (χ4n) is 1.96. The van der Waals surface area contributed by atoms with Crippen molar-refractivity contribution >= 4 is 27.7 Å². The van der Waals surface area contributed by atoms with Crippen LogP contribution in [0.4, 0.5) is 0 Å². The molecule has 0 aliphatic rings. The van der Waals surface area contributed by atoms with Crippen molar-refractivity contribution in [1.29, 1.82) is 0 Å². The summed E-state index contributed by atoms with van der Waals surface area (Å²) in [6.07, 6.45) is 3.72. The van der Waals surface area contributed by atoms with Gasteiger partial charge in [-0.25, -0.2) is 0 Å². The molecule has 1 N–H and O–H groups in total. The molecular weight excluding hydrogens is 188 g/mol. The van der Waals surface area contributed by atoms with Crippen LogP contribution in [0.5, 0.6) is 0 Å². The van der Waals surface area contributed by atoms with Crippen molar-refractivity contribution in [3.63, 3.8) is 0 Å². The summed E-state index contributed by atoms with van der Waals surface area (Å²) in [4.78, 5) is 14.5. The molecule has 2 aromatic heterocycles. The molecule has 3 rings (SSSR count). The van der Waals surface area contributed by atoms with Crippen LogP contribution in [0.1, 0.15) is 11.7 Å². The third-order valence-corrected chi connectivity index (χ3v) is 2.70. The first-order valence-electron chi connectivity index (χ1n) is 4.85. The molecule has 0 spiro atoms. The van der Waals surface area contributed by atoms with E-state index in [1.54, 1.807) is 11.5 Å². The second-order valence-corrected chi connectivity index (χ2v) is 3.68. The monoisotopic (exact) mass is 198 g/mol. The van der Waals surface area contributed by atoms with Crippen LogP contribution in [0.3, 0.4) is 0 Å². The number of fused-ring (bicyclic) bond motifs is 2. The van der Waals surface area contributed by atoms with Gasteiger partial charge in [-0.05, 0) is 24.3 Å². The average molecular weight is 198 g/mol. The normalized spacial score (nSPS) is 11.3. The van der Waals surface area contributed by atoms with Gasteiger partial charge in [-0.1, -0.05) is 0 Å². The van der Waals surface area contributed by atoms with E-state index in [2.05, 4.69) is 11.1 Å². The van der Waals surface area contributed by atoms with Crippen molar-refractivity contribution in [2.24, 2.45) is 0 Å². The molecule has 2 heterocycles. The molecule has 1 aromatic carbocycles. The lowest BCUT2D eigenvalue weighted by atomic mass is 10.2. The van der Waals surface area contributed by atoms with Crippen molar-refractivity contribution in [2.75, 3.05) is 0 Å². The summed E-state index contributed by atoms with van der Waals surface area (Å²) < 4.78 is 1.67. The van der Waals surface area contributed by atoms with E-state index in [0.717, 1.165) is 21.8 Å². The number of carbonyl (C=O) groups is 1. The van der Waals surface area contributed by atoms with Gasteiger partial charge in [0.2, 0.25) is 5.91 Å². The Morgan fingerprint density at radius 1 is 1.27 bits per heavy atom. The van der Waals surface area contributed by atoms with E-state index >= 15 is 0 Å². The highest BCUT2D eigenvalue weighted by atomic mass is 16.1. The van der Waals surface area contributed by atoms with E-state index in [0.29, 0.717) is 0 Å². The first-order valence-corrected chi connectivity index (χ1v) is 4.85. The molecule has 0 aliphatic carbocycles. The van der Waals surface area contributed by atoms with Gasteiger partial charge in [0.1, 0.15) is 0 Å². The predicted octanol–water partition coefficient (Wildman–Crippen LogP) is 2.78. The molecule has 74 valence electrons. The molecule has 0 aliphatic heterocycles. The number of H-pyrrole nitrogens is 1. The van der Waals surface area contributed by atoms with Gasteiger partial charge in [-0.15, -0.1) is 0 Å². The quantitative estimate of drug-likeness (QED) is 0.592. The van der Waals surface area contributed by atoms with Gasteiger partial charge in [0.05, 0.1) is 5.52 Å². The smallest absolute Gasteiger partial charge is 0.227 e. The Morgan fingerprint density at radius 3 is 2.93 bits per heavy atom. The number of hydrogen-bond donors (Lipinski definition) is 1. The van der Waals surface area contributed by atoms with E-state index in [-0.39, 0.29) is 5.91 Å².